The SMILES string of the molecule is O=CCCOC(CCO)OCCC=O. The minimum Gasteiger partial charge on any atom is -0.396 e. The molecular formula is C9H16O5. The first kappa shape index (κ1) is 13.2. The van der Waals surface area contributed by atoms with Gasteiger partial charge in [-0.25, -0.2) is 0 Å². The summed E-state index contributed by atoms with van der Waals surface area (Å²) in [4.78, 5) is 20.0. The van der Waals surface area contributed by atoms with Gasteiger partial charge in [0.25, 0.3) is 0 Å². The number of aliphatic hydroxyl groups is 1. The number of aldehydes is 2. The van der Waals surface area contributed by atoms with Crippen LogP contribution in [0.1, 0.15) is 19.3 Å². The molecule has 0 unspecified atom stereocenters. The van der Waals surface area contributed by atoms with E-state index in [1.165, 1.54) is 0 Å². The Hall–Kier alpha value is -0.780. The molecule has 5 nitrogen and oxygen atoms in total. The maximum atomic E-state index is 9.99. The highest BCUT2D eigenvalue weighted by atomic mass is 16.7. The molecule has 1 N–H and O–H groups in total. The average Bonchev–Trinajstić information content (AvgIpc) is 2.18. The highest BCUT2D eigenvalue weighted by molar-refractivity contribution is 5.49. The van der Waals surface area contributed by atoms with Gasteiger partial charge in [-0.15, -0.1) is 0 Å². The maximum absolute atomic E-state index is 9.99. The van der Waals surface area contributed by atoms with E-state index in [1.807, 2.05) is 0 Å². The number of rotatable bonds is 10. The average molecular weight is 204 g/mol. The Morgan fingerprint density at radius 1 is 1.07 bits per heavy atom. The van der Waals surface area contributed by atoms with E-state index in [4.69, 9.17) is 14.6 Å². The van der Waals surface area contributed by atoms with Crippen molar-refractivity contribution < 1.29 is 24.2 Å². The molecule has 0 aliphatic heterocycles. The van der Waals surface area contributed by atoms with E-state index in [0.29, 0.717) is 19.3 Å². The third-order valence-electron chi connectivity index (χ3n) is 1.44. The Morgan fingerprint density at radius 2 is 1.57 bits per heavy atom. The van der Waals surface area contributed by atoms with Gasteiger partial charge in [0, 0.05) is 25.9 Å². The quantitative estimate of drug-likeness (QED) is 0.306. The zero-order valence-corrected chi connectivity index (χ0v) is 8.05. The van der Waals surface area contributed by atoms with Crippen molar-refractivity contribution in [1.29, 1.82) is 0 Å². The summed E-state index contributed by atoms with van der Waals surface area (Å²) < 4.78 is 10.3. The number of carbonyl (C=O) groups excluding carboxylic acids is 2. The monoisotopic (exact) mass is 204 g/mol. The Morgan fingerprint density at radius 3 is 1.93 bits per heavy atom. The van der Waals surface area contributed by atoms with Crippen molar-refractivity contribution in [2.45, 2.75) is 25.6 Å². The van der Waals surface area contributed by atoms with E-state index in [9.17, 15) is 9.59 Å². The van der Waals surface area contributed by atoms with E-state index in [0.717, 1.165) is 12.6 Å². The van der Waals surface area contributed by atoms with Crippen LogP contribution in [0, 0.1) is 0 Å². The predicted octanol–water partition coefficient (Wildman–Crippen LogP) is -0.0939. The second-order valence-corrected chi connectivity index (χ2v) is 2.59. The van der Waals surface area contributed by atoms with Crippen LogP contribution in [0.25, 0.3) is 0 Å². The highest BCUT2D eigenvalue weighted by Crippen LogP contribution is 2.01. The van der Waals surface area contributed by atoms with Crippen LogP contribution in [0.2, 0.25) is 0 Å². The van der Waals surface area contributed by atoms with Crippen LogP contribution in [-0.4, -0.2) is 43.8 Å². The summed E-state index contributed by atoms with van der Waals surface area (Å²) >= 11 is 0. The number of ether oxygens (including phenoxy) is 2. The molecule has 0 heterocycles. The fourth-order valence-electron chi connectivity index (χ4n) is 0.815. The summed E-state index contributed by atoms with van der Waals surface area (Å²) in [6.45, 7) is 0.497. The zero-order valence-electron chi connectivity index (χ0n) is 8.05. The molecule has 0 atom stereocenters. The first-order valence-corrected chi connectivity index (χ1v) is 4.56. The minimum absolute atomic E-state index is 0.0488. The van der Waals surface area contributed by atoms with Crippen molar-refractivity contribution in [2.24, 2.45) is 0 Å². The van der Waals surface area contributed by atoms with Gasteiger partial charge in [0.05, 0.1) is 13.2 Å². The molecule has 0 fully saturated rings. The zero-order chi connectivity index (χ0) is 10.6. The summed E-state index contributed by atoms with van der Waals surface area (Å²) in [7, 11) is 0. The summed E-state index contributed by atoms with van der Waals surface area (Å²) in [6.07, 6.45) is 1.93. The van der Waals surface area contributed by atoms with Gasteiger partial charge in [-0.1, -0.05) is 0 Å². The molecule has 0 amide bonds. The molecule has 0 rings (SSSR count). The second-order valence-electron chi connectivity index (χ2n) is 2.59. The van der Waals surface area contributed by atoms with Gasteiger partial charge in [-0.3, -0.25) is 0 Å². The number of carbonyl (C=O) groups is 2. The molecule has 14 heavy (non-hydrogen) atoms. The molecule has 0 spiro atoms. The van der Waals surface area contributed by atoms with Gasteiger partial charge in [0.15, 0.2) is 6.29 Å². The number of hydrogen-bond acceptors (Lipinski definition) is 5. The number of aliphatic hydroxyl groups excluding tert-OH is 1. The molecule has 0 aromatic rings. The largest absolute Gasteiger partial charge is 0.396 e. The topological polar surface area (TPSA) is 72.8 Å². The molecule has 0 aliphatic rings. The van der Waals surface area contributed by atoms with Crippen LogP contribution in [0.3, 0.4) is 0 Å². The van der Waals surface area contributed by atoms with Crippen LogP contribution in [-0.2, 0) is 19.1 Å². The lowest BCUT2D eigenvalue weighted by Gasteiger charge is -2.16. The smallest absolute Gasteiger partial charge is 0.159 e. The van der Waals surface area contributed by atoms with Crippen molar-refractivity contribution in [3.63, 3.8) is 0 Å². The van der Waals surface area contributed by atoms with Crippen molar-refractivity contribution in [1.82, 2.24) is 0 Å². The Labute approximate surface area is 83.0 Å². The molecule has 0 aromatic carbocycles. The van der Waals surface area contributed by atoms with Gasteiger partial charge in [0.1, 0.15) is 12.6 Å². The summed E-state index contributed by atoms with van der Waals surface area (Å²) in [5, 5.41) is 8.65. The van der Waals surface area contributed by atoms with Crippen LogP contribution in [0.5, 0.6) is 0 Å². The van der Waals surface area contributed by atoms with E-state index in [-0.39, 0.29) is 19.8 Å². The molecule has 0 aliphatic carbocycles. The first-order chi connectivity index (χ1) is 6.85. The highest BCUT2D eigenvalue weighted by Gasteiger charge is 2.07. The van der Waals surface area contributed by atoms with Crippen molar-refractivity contribution in [3.8, 4) is 0 Å². The van der Waals surface area contributed by atoms with Gasteiger partial charge in [0.2, 0.25) is 0 Å². The van der Waals surface area contributed by atoms with E-state index in [2.05, 4.69) is 0 Å². The van der Waals surface area contributed by atoms with Crippen molar-refractivity contribution in [2.75, 3.05) is 19.8 Å². The predicted molar refractivity (Wildman–Crippen MR) is 48.8 cm³/mol. The Balaban J connectivity index is 3.53. The molecule has 0 radical (unpaired) electrons. The maximum Gasteiger partial charge on any atom is 0.159 e. The van der Waals surface area contributed by atoms with Gasteiger partial charge in [-0.05, 0) is 0 Å². The molecular weight excluding hydrogens is 188 g/mol. The van der Waals surface area contributed by atoms with Crippen LogP contribution < -0.4 is 0 Å². The first-order valence-electron chi connectivity index (χ1n) is 4.56. The van der Waals surface area contributed by atoms with E-state index >= 15 is 0 Å². The molecule has 0 bridgehead atoms. The third-order valence-corrected chi connectivity index (χ3v) is 1.44. The lowest BCUT2D eigenvalue weighted by molar-refractivity contribution is -0.152. The lowest BCUT2D eigenvalue weighted by Crippen LogP contribution is -2.20. The fourth-order valence-corrected chi connectivity index (χ4v) is 0.815. The molecule has 0 aromatic heterocycles. The summed E-state index contributed by atoms with van der Waals surface area (Å²) in [6, 6.07) is 0. The van der Waals surface area contributed by atoms with E-state index < -0.39 is 6.29 Å². The third kappa shape index (κ3) is 7.85. The molecule has 5 heteroatoms. The summed E-state index contributed by atoms with van der Waals surface area (Å²) in [5.41, 5.74) is 0. The fraction of sp³-hybridized carbons (Fsp3) is 0.778. The van der Waals surface area contributed by atoms with E-state index in [1.54, 1.807) is 0 Å². The Bertz CT molecular complexity index is 134. The molecule has 0 saturated heterocycles. The molecule has 0 saturated carbocycles. The number of hydrogen-bond donors (Lipinski definition) is 1. The van der Waals surface area contributed by atoms with Crippen molar-refractivity contribution in [3.05, 3.63) is 0 Å². The minimum atomic E-state index is -0.528. The van der Waals surface area contributed by atoms with Crippen molar-refractivity contribution >= 4 is 12.6 Å². The van der Waals surface area contributed by atoms with Crippen LogP contribution in [0.4, 0.5) is 0 Å². The lowest BCUT2D eigenvalue weighted by atomic mass is 10.4. The normalized spacial score (nSPS) is 10.4. The summed E-state index contributed by atoms with van der Waals surface area (Å²) in [5.74, 6) is 0. The van der Waals surface area contributed by atoms with Gasteiger partial charge in [-0.2, -0.15) is 0 Å². The second kappa shape index (κ2) is 10.3. The Kier molecular flexibility index (Phi) is 9.73. The standard InChI is InChI=1S/C9H16O5/c10-4-1-7-13-9(3-6-12)14-8-2-5-11/h4-5,9,12H,1-3,6-8H2. The van der Waals surface area contributed by atoms with Gasteiger partial charge < -0.3 is 24.2 Å². The molecule has 82 valence electrons. The van der Waals surface area contributed by atoms with Gasteiger partial charge >= 0.3 is 0 Å². The van der Waals surface area contributed by atoms with Crippen LogP contribution >= 0.6 is 0 Å². The van der Waals surface area contributed by atoms with Crippen LogP contribution in [0.15, 0.2) is 0 Å².